The Balaban J connectivity index is 1.88. The Morgan fingerprint density at radius 2 is 0.796 bits per heavy atom. The fraction of sp³-hybridized carbons (Fsp3) is 0.103. The number of carboxylic acid groups (broad SMARTS) is 4. The van der Waals surface area contributed by atoms with Crippen molar-refractivity contribution in [3.8, 4) is 0 Å². The minimum absolute atomic E-state index is 0.0952. The number of carboxylic acids is 4. The van der Waals surface area contributed by atoms with E-state index in [9.17, 15) is 39.6 Å². The Bertz CT molecular complexity index is 1920. The lowest BCUT2D eigenvalue weighted by molar-refractivity contribution is 0.0682. The third-order valence-corrected chi connectivity index (χ3v) is 10.3. The molecular weight excluding hydrogens is 644 g/mol. The van der Waals surface area contributed by atoms with Crippen LogP contribution < -0.4 is 0 Å². The minimum Gasteiger partial charge on any atom is -0.478 e. The van der Waals surface area contributed by atoms with E-state index in [1.807, 2.05) is 0 Å². The first-order valence-electron chi connectivity index (χ1n) is 15.1. The van der Waals surface area contributed by atoms with Crippen LogP contribution in [0.2, 0.25) is 0 Å². The van der Waals surface area contributed by atoms with E-state index in [0.29, 0.717) is 4.90 Å². The number of thioether (sulfide) groups is 1. The maximum absolute atomic E-state index is 15.6. The predicted molar refractivity (Wildman–Crippen MR) is 181 cm³/mol. The summed E-state index contributed by atoms with van der Waals surface area (Å²) >= 11 is 1.28. The molecule has 5 aromatic rings. The lowest BCUT2D eigenvalue weighted by Crippen LogP contribution is -2.49. The summed E-state index contributed by atoms with van der Waals surface area (Å²) in [6.45, 7) is 0. The largest absolute Gasteiger partial charge is 0.478 e. The normalized spacial score (nSPS) is 13.6. The average Bonchev–Trinajstić information content (AvgIpc) is 3.10. The first kappa shape index (κ1) is 32.9. The van der Waals surface area contributed by atoms with Crippen molar-refractivity contribution in [2.75, 3.05) is 5.75 Å². The number of fused-ring (bicyclic) bond motifs is 1. The van der Waals surface area contributed by atoms with E-state index in [4.69, 9.17) is 0 Å². The standard InChI is InChI=1S/C39H28O9S/c40-34-30-19-9-10-20-31(30)49-21-39(34,32(22-11-1-5-15-26(22)35(41)42)23-12-2-6-16-27(23)36(43)44)33(24-13-3-7-17-28(24)37(45)46)25-14-4-8-18-29(25)38(47)48/h1-20,32-33H,21H2,(H,41,42)(H,43,44)(H,45,46)(H,47,48). The molecule has 0 spiro atoms. The molecule has 0 aliphatic carbocycles. The van der Waals surface area contributed by atoms with E-state index in [1.54, 1.807) is 48.5 Å². The third kappa shape index (κ3) is 5.66. The summed E-state index contributed by atoms with van der Waals surface area (Å²) in [5, 5.41) is 42.0. The molecule has 10 heteroatoms. The van der Waals surface area contributed by atoms with Gasteiger partial charge in [0.1, 0.15) is 0 Å². The van der Waals surface area contributed by atoms with Gasteiger partial charge >= 0.3 is 23.9 Å². The molecule has 1 aliphatic rings. The van der Waals surface area contributed by atoms with Crippen LogP contribution in [0.15, 0.2) is 126 Å². The molecule has 1 aliphatic heterocycles. The minimum atomic E-state index is -1.90. The zero-order valence-electron chi connectivity index (χ0n) is 25.6. The summed E-state index contributed by atoms with van der Waals surface area (Å²) in [6.07, 6.45) is 0. The fourth-order valence-corrected chi connectivity index (χ4v) is 8.46. The van der Waals surface area contributed by atoms with Crippen LogP contribution in [-0.2, 0) is 0 Å². The van der Waals surface area contributed by atoms with Crippen LogP contribution in [0.5, 0.6) is 0 Å². The molecule has 0 unspecified atom stereocenters. The molecule has 0 amide bonds. The van der Waals surface area contributed by atoms with Crippen molar-refractivity contribution in [2.45, 2.75) is 16.7 Å². The highest BCUT2D eigenvalue weighted by Gasteiger charge is 2.58. The number of Topliss-reactive ketones (excluding diaryl/α,β-unsaturated/α-hetero) is 1. The number of hydrogen-bond donors (Lipinski definition) is 4. The van der Waals surface area contributed by atoms with Crippen LogP contribution >= 0.6 is 11.8 Å². The van der Waals surface area contributed by atoms with Crippen LogP contribution in [0, 0.1) is 5.41 Å². The molecule has 5 aromatic carbocycles. The molecule has 4 N–H and O–H groups in total. The first-order chi connectivity index (χ1) is 23.6. The molecular formula is C39H28O9S. The Hall–Kier alpha value is -6.00. The first-order valence-corrected chi connectivity index (χ1v) is 16.1. The number of benzene rings is 5. The molecule has 0 aromatic heterocycles. The number of rotatable bonds is 10. The molecule has 0 atom stereocenters. The summed E-state index contributed by atoms with van der Waals surface area (Å²) < 4.78 is 0. The summed E-state index contributed by atoms with van der Waals surface area (Å²) in [6, 6.07) is 30.8. The average molecular weight is 673 g/mol. The van der Waals surface area contributed by atoms with E-state index in [0.717, 1.165) is 0 Å². The van der Waals surface area contributed by atoms with Gasteiger partial charge in [0, 0.05) is 28.0 Å². The van der Waals surface area contributed by atoms with Crippen LogP contribution in [0.4, 0.5) is 0 Å². The molecule has 0 radical (unpaired) electrons. The van der Waals surface area contributed by atoms with E-state index < -0.39 is 46.9 Å². The van der Waals surface area contributed by atoms with Crippen LogP contribution in [0.3, 0.4) is 0 Å². The maximum atomic E-state index is 15.6. The SMILES string of the molecule is O=C(O)c1ccccc1C(c1ccccc1C(=O)O)C1(C(c2ccccc2C(=O)O)c2ccccc2C(=O)O)CSc2ccccc2C1=O. The Morgan fingerprint density at radius 3 is 1.14 bits per heavy atom. The summed E-state index contributed by atoms with van der Waals surface area (Å²) in [7, 11) is 0. The van der Waals surface area contributed by atoms with E-state index >= 15 is 4.79 Å². The summed E-state index contributed by atoms with van der Waals surface area (Å²) in [5.41, 5.74) is -1.96. The molecule has 0 saturated carbocycles. The van der Waals surface area contributed by atoms with Gasteiger partial charge in [-0.05, 0) is 52.6 Å². The smallest absolute Gasteiger partial charge is 0.335 e. The highest BCUT2D eigenvalue weighted by atomic mass is 32.2. The number of aromatic carboxylic acids is 4. The summed E-state index contributed by atoms with van der Waals surface area (Å²) in [4.78, 5) is 67.8. The lowest BCUT2D eigenvalue weighted by Gasteiger charge is -2.49. The second-order valence-corrected chi connectivity index (χ2v) is 12.6. The van der Waals surface area contributed by atoms with Gasteiger partial charge in [-0.2, -0.15) is 0 Å². The fourth-order valence-electron chi connectivity index (χ4n) is 7.11. The van der Waals surface area contributed by atoms with Gasteiger partial charge < -0.3 is 20.4 Å². The monoisotopic (exact) mass is 672 g/mol. The van der Waals surface area contributed by atoms with E-state index in [1.165, 1.54) is 84.6 Å². The molecule has 244 valence electrons. The van der Waals surface area contributed by atoms with Gasteiger partial charge in [0.15, 0.2) is 5.78 Å². The quantitative estimate of drug-likeness (QED) is 0.117. The van der Waals surface area contributed by atoms with Crippen molar-refractivity contribution in [3.05, 3.63) is 171 Å². The van der Waals surface area contributed by atoms with E-state index in [-0.39, 0.29) is 55.8 Å². The van der Waals surface area contributed by atoms with Crippen LogP contribution in [0.25, 0.3) is 0 Å². The summed E-state index contributed by atoms with van der Waals surface area (Å²) in [5.74, 6) is -8.59. The second kappa shape index (κ2) is 13.2. The van der Waals surface area contributed by atoms with Gasteiger partial charge in [-0.1, -0.05) is 91.0 Å². The number of carbonyl (C=O) groups excluding carboxylic acids is 1. The highest BCUT2D eigenvalue weighted by molar-refractivity contribution is 7.99. The lowest BCUT2D eigenvalue weighted by atomic mass is 9.55. The molecule has 49 heavy (non-hydrogen) atoms. The van der Waals surface area contributed by atoms with Crippen molar-refractivity contribution < 1.29 is 44.4 Å². The van der Waals surface area contributed by atoms with Crippen molar-refractivity contribution in [2.24, 2.45) is 5.41 Å². The van der Waals surface area contributed by atoms with Crippen molar-refractivity contribution in [1.29, 1.82) is 0 Å². The topological polar surface area (TPSA) is 166 Å². The van der Waals surface area contributed by atoms with Gasteiger partial charge in [-0.15, -0.1) is 11.8 Å². The predicted octanol–water partition coefficient (Wildman–Crippen LogP) is 7.42. The van der Waals surface area contributed by atoms with Crippen LogP contribution in [-0.4, -0.2) is 55.8 Å². The molecule has 9 nitrogen and oxygen atoms in total. The highest BCUT2D eigenvalue weighted by Crippen LogP contribution is 2.60. The number of hydrogen-bond acceptors (Lipinski definition) is 6. The van der Waals surface area contributed by atoms with Gasteiger partial charge in [-0.3, -0.25) is 4.79 Å². The van der Waals surface area contributed by atoms with Gasteiger partial charge in [0.2, 0.25) is 0 Å². The third-order valence-electron chi connectivity index (χ3n) is 9.06. The Morgan fingerprint density at radius 1 is 0.490 bits per heavy atom. The molecule has 0 saturated heterocycles. The van der Waals surface area contributed by atoms with Crippen molar-refractivity contribution in [1.82, 2.24) is 0 Å². The zero-order valence-corrected chi connectivity index (χ0v) is 26.5. The van der Waals surface area contributed by atoms with Crippen molar-refractivity contribution in [3.63, 3.8) is 0 Å². The molecule has 0 bridgehead atoms. The number of ketones is 1. The molecule has 0 fully saturated rings. The zero-order chi connectivity index (χ0) is 34.9. The van der Waals surface area contributed by atoms with Crippen molar-refractivity contribution >= 4 is 41.4 Å². The van der Waals surface area contributed by atoms with Gasteiger partial charge in [0.05, 0.1) is 27.7 Å². The Kier molecular flexibility index (Phi) is 8.90. The maximum Gasteiger partial charge on any atom is 0.335 e. The van der Waals surface area contributed by atoms with Gasteiger partial charge in [0.25, 0.3) is 0 Å². The van der Waals surface area contributed by atoms with Crippen LogP contribution in [0.1, 0.15) is 85.9 Å². The molecule has 6 rings (SSSR count). The second-order valence-electron chi connectivity index (χ2n) is 11.6. The van der Waals surface area contributed by atoms with E-state index in [2.05, 4.69) is 0 Å². The number of carbonyl (C=O) groups is 5. The van der Waals surface area contributed by atoms with Gasteiger partial charge in [-0.25, -0.2) is 19.2 Å². The Labute approximate surface area is 284 Å². The molecule has 1 heterocycles.